The lowest BCUT2D eigenvalue weighted by atomic mass is 9.79. The average molecular weight is 520 g/mol. The van der Waals surface area contributed by atoms with Gasteiger partial charge in [0.2, 0.25) is 0 Å². The molecule has 7 heteroatoms. The fraction of sp³-hybridized carbons (Fsp3) is 0.310. The first-order valence-electron chi connectivity index (χ1n) is 11.7. The van der Waals surface area contributed by atoms with Crippen molar-refractivity contribution in [3.05, 3.63) is 100 Å². The molecule has 0 aliphatic rings. The van der Waals surface area contributed by atoms with Crippen molar-refractivity contribution in [1.29, 1.82) is 10.5 Å². The van der Waals surface area contributed by atoms with Gasteiger partial charge in [-0.05, 0) is 80.3 Å². The summed E-state index contributed by atoms with van der Waals surface area (Å²) in [5.74, 6) is -0.0328. The molecular formula is C29H30ClN3O2S. The van der Waals surface area contributed by atoms with E-state index in [1.165, 1.54) is 6.26 Å². The Hall–Kier alpha value is -3.16. The highest BCUT2D eigenvalue weighted by Crippen LogP contribution is 2.36. The van der Waals surface area contributed by atoms with Crippen molar-refractivity contribution in [2.24, 2.45) is 5.41 Å². The van der Waals surface area contributed by atoms with Crippen LogP contribution in [0.3, 0.4) is 0 Å². The van der Waals surface area contributed by atoms with E-state index in [0.717, 1.165) is 16.7 Å². The highest BCUT2D eigenvalue weighted by atomic mass is 35.5. The van der Waals surface area contributed by atoms with E-state index in [0.29, 0.717) is 17.0 Å². The van der Waals surface area contributed by atoms with Gasteiger partial charge in [-0.15, -0.1) is 0 Å². The minimum Gasteiger partial charge on any atom is -0.305 e. The van der Waals surface area contributed by atoms with Crippen LogP contribution >= 0.6 is 11.6 Å². The number of nitrogens with one attached hydrogen (secondary N) is 1. The second-order valence-corrected chi connectivity index (χ2v) is 12.2. The number of sulfone groups is 1. The first-order valence-corrected chi connectivity index (χ1v) is 13.9. The Morgan fingerprint density at radius 3 is 2.22 bits per heavy atom. The molecule has 0 aromatic heterocycles. The quantitative estimate of drug-likeness (QED) is 0.362. The van der Waals surface area contributed by atoms with Gasteiger partial charge < -0.3 is 5.32 Å². The molecule has 3 unspecified atom stereocenters. The lowest BCUT2D eigenvalue weighted by Crippen LogP contribution is -2.42. The third-order valence-corrected chi connectivity index (χ3v) is 7.84. The van der Waals surface area contributed by atoms with Crippen molar-refractivity contribution in [3.8, 4) is 12.1 Å². The number of nitrogens with zero attached hydrogens (tertiary/aromatic N) is 2. The molecule has 3 aromatic carbocycles. The first kappa shape index (κ1) is 27.4. The molecule has 1 N–H and O–H groups in total. The topological polar surface area (TPSA) is 93.8 Å². The van der Waals surface area contributed by atoms with E-state index in [1.54, 1.807) is 24.3 Å². The molecule has 0 heterocycles. The van der Waals surface area contributed by atoms with Crippen molar-refractivity contribution in [1.82, 2.24) is 5.32 Å². The summed E-state index contributed by atoms with van der Waals surface area (Å²) in [6, 6.07) is 26.0. The minimum atomic E-state index is -3.40. The Morgan fingerprint density at radius 1 is 0.972 bits per heavy atom. The highest BCUT2D eigenvalue weighted by molar-refractivity contribution is 7.90. The SMILES string of the molecule is CC(NC(c1cccc(S(C)(=O)=O)c1)C(C)(C)C#N)C(Cc1ccc(Cl)cc1)c1cccc(C#N)c1. The smallest absolute Gasteiger partial charge is 0.175 e. The maximum atomic E-state index is 12.2. The van der Waals surface area contributed by atoms with Gasteiger partial charge in [-0.1, -0.05) is 48.0 Å². The second kappa shape index (κ2) is 11.3. The summed E-state index contributed by atoms with van der Waals surface area (Å²) in [5, 5.41) is 23.8. The van der Waals surface area contributed by atoms with Gasteiger partial charge in [0.05, 0.1) is 34.1 Å². The number of rotatable bonds is 9. The van der Waals surface area contributed by atoms with E-state index in [2.05, 4.69) is 24.4 Å². The van der Waals surface area contributed by atoms with Gasteiger partial charge in [0.15, 0.2) is 9.84 Å². The predicted molar refractivity (Wildman–Crippen MR) is 143 cm³/mol. The van der Waals surface area contributed by atoms with Crippen LogP contribution in [-0.2, 0) is 16.3 Å². The van der Waals surface area contributed by atoms with Crippen molar-refractivity contribution in [3.63, 3.8) is 0 Å². The van der Waals surface area contributed by atoms with E-state index in [9.17, 15) is 18.9 Å². The zero-order chi connectivity index (χ0) is 26.5. The summed E-state index contributed by atoms with van der Waals surface area (Å²) >= 11 is 6.09. The van der Waals surface area contributed by atoms with Crippen LogP contribution in [0.1, 0.15) is 55.0 Å². The van der Waals surface area contributed by atoms with Crippen LogP contribution in [-0.4, -0.2) is 20.7 Å². The van der Waals surface area contributed by atoms with Crippen LogP contribution in [0, 0.1) is 28.1 Å². The zero-order valence-electron chi connectivity index (χ0n) is 20.9. The monoisotopic (exact) mass is 519 g/mol. The lowest BCUT2D eigenvalue weighted by Gasteiger charge is -2.36. The number of hydrogen-bond donors (Lipinski definition) is 1. The molecule has 0 aliphatic heterocycles. The summed E-state index contributed by atoms with van der Waals surface area (Å²) in [6.07, 6.45) is 1.86. The molecule has 3 atom stereocenters. The van der Waals surface area contributed by atoms with Gasteiger partial charge in [-0.25, -0.2) is 8.42 Å². The van der Waals surface area contributed by atoms with Crippen LogP contribution in [0.2, 0.25) is 5.02 Å². The summed E-state index contributed by atoms with van der Waals surface area (Å²) < 4.78 is 24.4. The van der Waals surface area contributed by atoms with Crippen molar-refractivity contribution < 1.29 is 8.42 Å². The summed E-state index contributed by atoms with van der Waals surface area (Å²) in [6.45, 7) is 5.74. The molecule has 0 spiro atoms. The van der Waals surface area contributed by atoms with Crippen molar-refractivity contribution >= 4 is 21.4 Å². The molecule has 3 rings (SSSR count). The minimum absolute atomic E-state index is 0.0328. The molecule has 186 valence electrons. The molecular weight excluding hydrogens is 490 g/mol. The van der Waals surface area contributed by atoms with Gasteiger partial charge in [-0.2, -0.15) is 10.5 Å². The van der Waals surface area contributed by atoms with Crippen LogP contribution < -0.4 is 5.32 Å². The average Bonchev–Trinajstić information content (AvgIpc) is 2.86. The maximum Gasteiger partial charge on any atom is 0.175 e. The fourth-order valence-electron chi connectivity index (χ4n) is 4.39. The maximum absolute atomic E-state index is 12.2. The second-order valence-electron chi connectivity index (χ2n) is 9.74. The highest BCUT2D eigenvalue weighted by Gasteiger charge is 2.34. The molecule has 0 saturated carbocycles. The molecule has 0 saturated heterocycles. The Balaban J connectivity index is 2.04. The van der Waals surface area contributed by atoms with E-state index >= 15 is 0 Å². The van der Waals surface area contributed by atoms with Gasteiger partial charge in [0.1, 0.15) is 0 Å². The molecule has 36 heavy (non-hydrogen) atoms. The largest absolute Gasteiger partial charge is 0.305 e. The van der Waals surface area contributed by atoms with Gasteiger partial charge in [-0.3, -0.25) is 0 Å². The molecule has 3 aromatic rings. The standard InChI is InChI=1S/C29H30ClN3O2S/c1-20(33-28(29(2,3)19-32)24-9-6-10-26(17-24)36(4,34)35)27(16-21-11-13-25(30)14-12-21)23-8-5-7-22(15-23)18-31/h5-15,17,20,27-28,33H,16H2,1-4H3. The number of benzene rings is 3. The van der Waals surface area contributed by atoms with E-state index < -0.39 is 21.3 Å². The summed E-state index contributed by atoms with van der Waals surface area (Å²) in [4.78, 5) is 0.215. The van der Waals surface area contributed by atoms with Crippen LogP contribution in [0.25, 0.3) is 0 Å². The Labute approximate surface area is 219 Å². The molecule has 0 fully saturated rings. The molecule has 0 bridgehead atoms. The summed E-state index contributed by atoms with van der Waals surface area (Å²) in [7, 11) is -3.40. The molecule has 5 nitrogen and oxygen atoms in total. The third kappa shape index (κ3) is 6.74. The normalized spacial score (nSPS) is 14.3. The molecule has 0 amide bonds. The van der Waals surface area contributed by atoms with Gasteiger partial charge in [0, 0.05) is 23.2 Å². The van der Waals surface area contributed by atoms with Crippen LogP contribution in [0.4, 0.5) is 0 Å². The Kier molecular flexibility index (Phi) is 8.59. The van der Waals surface area contributed by atoms with Crippen LogP contribution in [0.15, 0.2) is 77.7 Å². The van der Waals surface area contributed by atoms with Gasteiger partial charge >= 0.3 is 0 Å². The van der Waals surface area contributed by atoms with E-state index in [-0.39, 0.29) is 16.9 Å². The van der Waals surface area contributed by atoms with Crippen molar-refractivity contribution in [2.45, 2.75) is 50.1 Å². The van der Waals surface area contributed by atoms with Crippen molar-refractivity contribution in [2.75, 3.05) is 6.26 Å². The fourth-order valence-corrected chi connectivity index (χ4v) is 5.19. The molecule has 0 aliphatic carbocycles. The third-order valence-electron chi connectivity index (χ3n) is 6.48. The first-order chi connectivity index (χ1) is 16.9. The lowest BCUT2D eigenvalue weighted by molar-refractivity contribution is 0.280. The van der Waals surface area contributed by atoms with E-state index in [4.69, 9.17) is 11.6 Å². The number of halogens is 1. The summed E-state index contributed by atoms with van der Waals surface area (Å²) in [5.41, 5.74) is 2.57. The van der Waals surface area contributed by atoms with E-state index in [1.807, 2.05) is 62.4 Å². The molecule has 0 radical (unpaired) electrons. The van der Waals surface area contributed by atoms with Crippen LogP contribution in [0.5, 0.6) is 0 Å². The Bertz CT molecular complexity index is 1400. The zero-order valence-corrected chi connectivity index (χ0v) is 22.4. The number of hydrogen-bond acceptors (Lipinski definition) is 5. The number of nitriles is 2. The predicted octanol–water partition coefficient (Wildman–Crippen LogP) is 6.21. The Morgan fingerprint density at radius 2 is 1.61 bits per heavy atom. The van der Waals surface area contributed by atoms with Gasteiger partial charge in [0.25, 0.3) is 0 Å².